The summed E-state index contributed by atoms with van der Waals surface area (Å²) in [5.41, 5.74) is -0.0154. The Labute approximate surface area is 129 Å². The minimum Gasteiger partial charge on any atom is -0.499 e. The van der Waals surface area contributed by atoms with E-state index in [9.17, 15) is 4.79 Å². The van der Waals surface area contributed by atoms with E-state index in [0.29, 0.717) is 19.8 Å². The summed E-state index contributed by atoms with van der Waals surface area (Å²) < 4.78 is 15.6. The summed E-state index contributed by atoms with van der Waals surface area (Å²) in [5, 5.41) is 0. The van der Waals surface area contributed by atoms with E-state index in [1.54, 1.807) is 0 Å². The third kappa shape index (κ3) is 10.4. The minimum absolute atomic E-state index is 0.0928. The van der Waals surface area contributed by atoms with Gasteiger partial charge in [0.15, 0.2) is 0 Å². The van der Waals surface area contributed by atoms with Crippen molar-refractivity contribution in [2.75, 3.05) is 26.4 Å². The molecule has 1 unspecified atom stereocenters. The summed E-state index contributed by atoms with van der Waals surface area (Å²) >= 11 is 0. The third-order valence-electron chi connectivity index (χ3n) is 3.08. The summed E-state index contributed by atoms with van der Waals surface area (Å²) in [6.45, 7) is 17.7. The maximum Gasteiger partial charge on any atom is 0.309 e. The normalized spacial score (nSPS) is 13.6. The first-order chi connectivity index (χ1) is 9.58. The molecule has 0 aromatic heterocycles. The van der Waals surface area contributed by atoms with Crippen LogP contribution in [0.15, 0.2) is 12.8 Å². The van der Waals surface area contributed by atoms with Gasteiger partial charge in [0.25, 0.3) is 0 Å². The summed E-state index contributed by atoms with van der Waals surface area (Å²) in [6, 6.07) is 0. The average molecular weight is 300 g/mol. The first kappa shape index (κ1) is 20.0. The van der Waals surface area contributed by atoms with Crippen molar-refractivity contribution in [3.8, 4) is 0 Å². The molecule has 0 aromatic carbocycles. The van der Waals surface area contributed by atoms with Crippen LogP contribution in [0.5, 0.6) is 0 Å². The lowest BCUT2D eigenvalue weighted by molar-refractivity contribution is -0.155. The fourth-order valence-electron chi connectivity index (χ4n) is 1.95. The fourth-order valence-corrected chi connectivity index (χ4v) is 1.95. The highest BCUT2D eigenvalue weighted by Crippen LogP contribution is 2.36. The molecular formula is C17H32O4. The van der Waals surface area contributed by atoms with E-state index in [1.165, 1.54) is 6.26 Å². The van der Waals surface area contributed by atoms with Crippen molar-refractivity contribution in [1.29, 1.82) is 0 Å². The molecule has 4 nitrogen and oxygen atoms in total. The van der Waals surface area contributed by atoms with E-state index in [0.717, 1.165) is 6.42 Å². The van der Waals surface area contributed by atoms with Crippen LogP contribution < -0.4 is 0 Å². The molecule has 0 aromatic rings. The molecule has 0 spiro atoms. The van der Waals surface area contributed by atoms with Crippen molar-refractivity contribution in [3.05, 3.63) is 12.8 Å². The highest BCUT2D eigenvalue weighted by Gasteiger charge is 2.35. The van der Waals surface area contributed by atoms with Gasteiger partial charge in [-0.2, -0.15) is 0 Å². The Morgan fingerprint density at radius 2 is 1.62 bits per heavy atom. The van der Waals surface area contributed by atoms with Gasteiger partial charge in [0, 0.05) is 0 Å². The van der Waals surface area contributed by atoms with Gasteiger partial charge in [-0.1, -0.05) is 48.1 Å². The summed E-state index contributed by atoms with van der Waals surface area (Å²) in [6.07, 6.45) is 2.19. The van der Waals surface area contributed by atoms with Crippen LogP contribution >= 0.6 is 0 Å². The Morgan fingerprint density at radius 1 is 1.05 bits per heavy atom. The number of hydrogen-bond donors (Lipinski definition) is 0. The maximum absolute atomic E-state index is 12.3. The van der Waals surface area contributed by atoms with Crippen molar-refractivity contribution >= 4 is 5.97 Å². The summed E-state index contributed by atoms with van der Waals surface area (Å²) in [4.78, 5) is 12.3. The van der Waals surface area contributed by atoms with Gasteiger partial charge in [-0.15, -0.1) is 0 Å². The fraction of sp³-hybridized carbons (Fsp3) is 0.824. The molecule has 0 saturated heterocycles. The Balaban J connectivity index is 4.16. The topological polar surface area (TPSA) is 44.8 Å². The molecule has 0 N–H and O–H groups in total. The second-order valence-corrected chi connectivity index (χ2v) is 7.50. The first-order valence-corrected chi connectivity index (χ1v) is 7.55. The van der Waals surface area contributed by atoms with E-state index >= 15 is 0 Å². The number of carbonyl (C=O) groups is 1. The lowest BCUT2D eigenvalue weighted by Crippen LogP contribution is -2.34. The van der Waals surface area contributed by atoms with Gasteiger partial charge < -0.3 is 14.2 Å². The van der Waals surface area contributed by atoms with Crippen molar-refractivity contribution in [2.45, 2.75) is 48.0 Å². The first-order valence-electron chi connectivity index (χ1n) is 7.55. The Bertz CT molecular complexity index is 310. The van der Waals surface area contributed by atoms with Crippen LogP contribution in [0.25, 0.3) is 0 Å². The zero-order chi connectivity index (χ0) is 16.5. The van der Waals surface area contributed by atoms with Crippen LogP contribution in [0.3, 0.4) is 0 Å². The number of esters is 1. The second-order valence-electron chi connectivity index (χ2n) is 7.50. The molecule has 21 heavy (non-hydrogen) atoms. The molecule has 4 heteroatoms. The molecule has 0 heterocycles. The van der Waals surface area contributed by atoms with Crippen LogP contribution in [-0.4, -0.2) is 32.4 Å². The molecule has 0 bridgehead atoms. The van der Waals surface area contributed by atoms with Crippen molar-refractivity contribution in [3.63, 3.8) is 0 Å². The SMILES string of the molecule is C=COCCOCCOC(=O)C(CC(C)(C)C)C(C)(C)C. The largest absolute Gasteiger partial charge is 0.499 e. The van der Waals surface area contributed by atoms with Crippen LogP contribution in [-0.2, 0) is 19.0 Å². The Kier molecular flexibility index (Phi) is 8.64. The Hall–Kier alpha value is -1.03. The number of carbonyl (C=O) groups excluding carboxylic acids is 1. The molecule has 0 radical (unpaired) electrons. The lowest BCUT2D eigenvalue weighted by Gasteiger charge is -2.33. The predicted octanol–water partition coefficient (Wildman–Crippen LogP) is 3.80. The lowest BCUT2D eigenvalue weighted by atomic mass is 9.72. The van der Waals surface area contributed by atoms with E-state index in [1.807, 2.05) is 0 Å². The van der Waals surface area contributed by atoms with E-state index in [2.05, 4.69) is 48.1 Å². The standard InChI is InChI=1S/C17H32O4/c1-8-19-9-10-20-11-12-21-15(18)14(17(5,6)7)13-16(2,3)4/h8,14H,1,9-13H2,2-7H3. The number of hydrogen-bond acceptors (Lipinski definition) is 4. The van der Waals surface area contributed by atoms with Crippen molar-refractivity contribution in [1.82, 2.24) is 0 Å². The van der Waals surface area contributed by atoms with Gasteiger partial charge in [0.1, 0.15) is 13.2 Å². The van der Waals surface area contributed by atoms with Gasteiger partial charge in [-0.3, -0.25) is 4.79 Å². The summed E-state index contributed by atoms with van der Waals surface area (Å²) in [5.74, 6) is -0.245. The minimum atomic E-state index is -0.136. The Morgan fingerprint density at radius 3 is 2.10 bits per heavy atom. The highest BCUT2D eigenvalue weighted by molar-refractivity contribution is 5.73. The zero-order valence-corrected chi connectivity index (χ0v) is 14.5. The van der Waals surface area contributed by atoms with Gasteiger partial charge in [0.2, 0.25) is 0 Å². The molecule has 124 valence electrons. The van der Waals surface area contributed by atoms with Crippen molar-refractivity contribution in [2.24, 2.45) is 16.7 Å². The van der Waals surface area contributed by atoms with Gasteiger partial charge in [-0.05, 0) is 17.3 Å². The molecule has 1 atom stereocenters. The zero-order valence-electron chi connectivity index (χ0n) is 14.5. The molecule has 0 aliphatic carbocycles. The van der Waals surface area contributed by atoms with Crippen LogP contribution in [0.2, 0.25) is 0 Å². The van der Waals surface area contributed by atoms with Crippen LogP contribution in [0.4, 0.5) is 0 Å². The molecule has 0 aliphatic heterocycles. The molecule has 0 amide bonds. The van der Waals surface area contributed by atoms with E-state index < -0.39 is 0 Å². The molecule has 0 aliphatic rings. The smallest absolute Gasteiger partial charge is 0.309 e. The number of rotatable bonds is 9. The average Bonchev–Trinajstić information content (AvgIpc) is 2.32. The van der Waals surface area contributed by atoms with Gasteiger partial charge in [0.05, 0.1) is 25.4 Å². The van der Waals surface area contributed by atoms with Gasteiger partial charge >= 0.3 is 5.97 Å². The molecule has 0 fully saturated rings. The maximum atomic E-state index is 12.3. The number of ether oxygens (including phenoxy) is 3. The van der Waals surface area contributed by atoms with Gasteiger partial charge in [-0.25, -0.2) is 0 Å². The quantitative estimate of drug-likeness (QED) is 0.369. The molecular weight excluding hydrogens is 268 g/mol. The monoisotopic (exact) mass is 300 g/mol. The van der Waals surface area contributed by atoms with Crippen LogP contribution in [0, 0.1) is 16.7 Å². The predicted molar refractivity (Wildman–Crippen MR) is 84.9 cm³/mol. The highest BCUT2D eigenvalue weighted by atomic mass is 16.6. The molecule has 0 saturated carbocycles. The van der Waals surface area contributed by atoms with E-state index in [-0.39, 0.29) is 29.3 Å². The summed E-state index contributed by atoms with van der Waals surface area (Å²) in [7, 11) is 0. The molecule has 0 rings (SSSR count). The van der Waals surface area contributed by atoms with E-state index in [4.69, 9.17) is 14.2 Å². The van der Waals surface area contributed by atoms with Crippen molar-refractivity contribution < 1.29 is 19.0 Å². The third-order valence-corrected chi connectivity index (χ3v) is 3.08. The van der Waals surface area contributed by atoms with Crippen LogP contribution in [0.1, 0.15) is 48.0 Å². The second kappa shape index (κ2) is 9.08.